The Balaban J connectivity index is 1.96. The first-order valence-corrected chi connectivity index (χ1v) is 6.48. The Morgan fingerprint density at radius 2 is 2.11 bits per heavy atom. The minimum Gasteiger partial charge on any atom is -0.311 e. The maximum absolute atomic E-state index is 12.1. The average Bonchev–Trinajstić information content (AvgIpc) is 2.39. The van der Waals surface area contributed by atoms with E-state index in [1.807, 2.05) is 0 Å². The fraction of sp³-hybridized carbons (Fsp3) is 0.467. The van der Waals surface area contributed by atoms with Crippen molar-refractivity contribution >= 4 is 5.78 Å². The van der Waals surface area contributed by atoms with E-state index < -0.39 is 0 Å². The third-order valence-corrected chi connectivity index (χ3v) is 3.48. The molecule has 1 aromatic rings. The van der Waals surface area contributed by atoms with Crippen LogP contribution >= 0.6 is 0 Å². The van der Waals surface area contributed by atoms with Crippen molar-refractivity contribution in [2.45, 2.75) is 44.7 Å². The molecule has 3 heteroatoms. The van der Waals surface area contributed by atoms with Crippen LogP contribution in [-0.2, 0) is 0 Å². The van der Waals surface area contributed by atoms with E-state index in [-0.39, 0.29) is 5.78 Å². The van der Waals surface area contributed by atoms with Gasteiger partial charge in [-0.25, -0.2) is 0 Å². The Kier molecular flexibility index (Phi) is 4.11. The molecule has 1 N–H and O–H groups in total. The van der Waals surface area contributed by atoms with E-state index in [1.165, 1.54) is 12.8 Å². The maximum Gasteiger partial charge on any atom is 0.164 e. The third-order valence-electron chi connectivity index (χ3n) is 3.48. The van der Waals surface area contributed by atoms with E-state index in [0.717, 1.165) is 6.42 Å². The summed E-state index contributed by atoms with van der Waals surface area (Å²) in [4.78, 5) is 12.1. The molecule has 0 radical (unpaired) electrons. The van der Waals surface area contributed by atoms with Crippen molar-refractivity contribution in [3.8, 4) is 6.07 Å². The zero-order chi connectivity index (χ0) is 13.0. The molecular formula is C15H18N2O. The third kappa shape index (κ3) is 3.18. The second-order valence-electron chi connectivity index (χ2n) is 5.01. The zero-order valence-corrected chi connectivity index (χ0v) is 10.6. The predicted octanol–water partition coefficient (Wildman–Crippen LogP) is 2.66. The molecule has 1 aliphatic rings. The van der Waals surface area contributed by atoms with Crippen LogP contribution in [0.4, 0.5) is 0 Å². The van der Waals surface area contributed by atoms with E-state index in [4.69, 9.17) is 5.26 Å². The Morgan fingerprint density at radius 3 is 2.72 bits per heavy atom. The van der Waals surface area contributed by atoms with Gasteiger partial charge in [-0.2, -0.15) is 5.26 Å². The summed E-state index contributed by atoms with van der Waals surface area (Å²) in [6, 6.07) is 9.75. The Bertz CT molecular complexity index is 458. The molecule has 2 unspecified atom stereocenters. The minimum absolute atomic E-state index is 0.158. The molecule has 0 spiro atoms. The summed E-state index contributed by atoms with van der Waals surface area (Å²) in [6.45, 7) is 2.17. The minimum atomic E-state index is 0.158. The maximum atomic E-state index is 12.1. The number of benzene rings is 1. The lowest BCUT2D eigenvalue weighted by Gasteiger charge is -2.28. The van der Waals surface area contributed by atoms with Gasteiger partial charge < -0.3 is 5.32 Å². The van der Waals surface area contributed by atoms with Crippen LogP contribution in [0.15, 0.2) is 24.3 Å². The average molecular weight is 242 g/mol. The number of Topliss-reactive ketones (excluding diaryl/α,β-unsaturated/α-hetero) is 1. The van der Waals surface area contributed by atoms with Gasteiger partial charge in [-0.15, -0.1) is 0 Å². The van der Waals surface area contributed by atoms with Gasteiger partial charge in [-0.05, 0) is 31.9 Å². The smallest absolute Gasteiger partial charge is 0.164 e. The highest BCUT2D eigenvalue weighted by Gasteiger charge is 2.20. The van der Waals surface area contributed by atoms with Gasteiger partial charge in [0, 0.05) is 24.1 Å². The van der Waals surface area contributed by atoms with Gasteiger partial charge in [0.05, 0.1) is 11.6 Å². The second-order valence-corrected chi connectivity index (χ2v) is 5.01. The molecule has 0 aromatic heterocycles. The number of nitrogens with one attached hydrogen (secondary N) is 1. The standard InChI is InChI=1S/C15H18N2O/c1-11-3-2-4-14(17-11)9-15(18)13-7-5-12(10-16)6-8-13/h5-8,11,14,17H,2-4,9H2,1H3. The Hall–Kier alpha value is -1.66. The molecule has 0 bridgehead atoms. The van der Waals surface area contributed by atoms with E-state index in [9.17, 15) is 4.79 Å². The molecule has 1 aliphatic heterocycles. The lowest BCUT2D eigenvalue weighted by atomic mass is 9.94. The number of hydrogen-bond acceptors (Lipinski definition) is 3. The van der Waals surface area contributed by atoms with Crippen molar-refractivity contribution in [2.24, 2.45) is 0 Å². The number of carbonyl (C=O) groups is 1. The lowest BCUT2D eigenvalue weighted by molar-refractivity contribution is 0.0960. The highest BCUT2D eigenvalue weighted by Crippen LogP contribution is 2.17. The van der Waals surface area contributed by atoms with Crippen LogP contribution in [0.1, 0.15) is 48.5 Å². The Morgan fingerprint density at radius 1 is 1.39 bits per heavy atom. The molecule has 2 rings (SSSR count). The van der Waals surface area contributed by atoms with Crippen molar-refractivity contribution in [3.05, 3.63) is 35.4 Å². The first-order valence-electron chi connectivity index (χ1n) is 6.48. The molecule has 0 saturated carbocycles. The summed E-state index contributed by atoms with van der Waals surface area (Å²) in [5.41, 5.74) is 1.30. The number of ketones is 1. The van der Waals surface area contributed by atoms with E-state index in [0.29, 0.717) is 29.6 Å². The van der Waals surface area contributed by atoms with Crippen LogP contribution in [0.3, 0.4) is 0 Å². The van der Waals surface area contributed by atoms with E-state index >= 15 is 0 Å². The van der Waals surface area contributed by atoms with Gasteiger partial charge in [0.1, 0.15) is 0 Å². The molecule has 3 nitrogen and oxygen atoms in total. The highest BCUT2D eigenvalue weighted by atomic mass is 16.1. The van der Waals surface area contributed by atoms with Crippen LogP contribution in [0.5, 0.6) is 0 Å². The molecule has 1 heterocycles. The van der Waals surface area contributed by atoms with Crippen molar-refractivity contribution in [3.63, 3.8) is 0 Å². The van der Waals surface area contributed by atoms with Crippen LogP contribution in [0, 0.1) is 11.3 Å². The summed E-state index contributed by atoms with van der Waals surface area (Å²) in [5.74, 6) is 0.158. The van der Waals surface area contributed by atoms with Gasteiger partial charge in [-0.1, -0.05) is 18.6 Å². The summed E-state index contributed by atoms with van der Waals surface area (Å²) >= 11 is 0. The molecule has 0 amide bonds. The van der Waals surface area contributed by atoms with Crippen molar-refractivity contribution in [1.29, 1.82) is 5.26 Å². The summed E-state index contributed by atoms with van der Waals surface area (Å²) < 4.78 is 0. The van der Waals surface area contributed by atoms with Gasteiger partial charge in [0.2, 0.25) is 0 Å². The fourth-order valence-corrected chi connectivity index (χ4v) is 2.47. The summed E-state index contributed by atoms with van der Waals surface area (Å²) in [6.07, 6.45) is 4.02. The molecule has 1 fully saturated rings. The number of nitriles is 1. The SMILES string of the molecule is CC1CCCC(CC(=O)c2ccc(C#N)cc2)N1. The van der Waals surface area contributed by atoms with Gasteiger partial charge >= 0.3 is 0 Å². The van der Waals surface area contributed by atoms with Crippen molar-refractivity contribution in [2.75, 3.05) is 0 Å². The quantitative estimate of drug-likeness (QED) is 0.829. The summed E-state index contributed by atoms with van der Waals surface area (Å²) in [7, 11) is 0. The topological polar surface area (TPSA) is 52.9 Å². The van der Waals surface area contributed by atoms with Crippen LogP contribution in [-0.4, -0.2) is 17.9 Å². The number of hydrogen-bond donors (Lipinski definition) is 1. The van der Waals surface area contributed by atoms with Crippen LogP contribution in [0.2, 0.25) is 0 Å². The van der Waals surface area contributed by atoms with Crippen molar-refractivity contribution < 1.29 is 4.79 Å². The molecular weight excluding hydrogens is 224 g/mol. The number of carbonyl (C=O) groups excluding carboxylic acids is 1. The molecule has 0 aliphatic carbocycles. The van der Waals surface area contributed by atoms with Crippen LogP contribution < -0.4 is 5.32 Å². The number of piperidine rings is 1. The summed E-state index contributed by atoms with van der Waals surface area (Å²) in [5, 5.41) is 12.2. The lowest BCUT2D eigenvalue weighted by Crippen LogP contribution is -2.41. The largest absolute Gasteiger partial charge is 0.311 e. The molecule has 1 saturated heterocycles. The fourth-order valence-electron chi connectivity index (χ4n) is 2.47. The number of nitrogens with zero attached hydrogens (tertiary/aromatic N) is 1. The Labute approximate surface area is 108 Å². The first-order chi connectivity index (χ1) is 8.69. The second kappa shape index (κ2) is 5.79. The zero-order valence-electron chi connectivity index (χ0n) is 10.6. The normalized spacial score (nSPS) is 23.3. The number of rotatable bonds is 3. The van der Waals surface area contributed by atoms with Gasteiger partial charge in [0.25, 0.3) is 0 Å². The predicted molar refractivity (Wildman–Crippen MR) is 70.3 cm³/mol. The molecule has 1 aromatic carbocycles. The van der Waals surface area contributed by atoms with Gasteiger partial charge in [-0.3, -0.25) is 4.79 Å². The van der Waals surface area contributed by atoms with Crippen LogP contribution in [0.25, 0.3) is 0 Å². The first kappa shape index (κ1) is 12.8. The molecule has 2 atom stereocenters. The molecule has 94 valence electrons. The molecule has 18 heavy (non-hydrogen) atoms. The van der Waals surface area contributed by atoms with Gasteiger partial charge in [0.15, 0.2) is 5.78 Å². The van der Waals surface area contributed by atoms with E-state index in [2.05, 4.69) is 18.3 Å². The van der Waals surface area contributed by atoms with E-state index in [1.54, 1.807) is 24.3 Å². The highest BCUT2D eigenvalue weighted by molar-refractivity contribution is 5.96. The monoisotopic (exact) mass is 242 g/mol. The van der Waals surface area contributed by atoms with Crippen molar-refractivity contribution in [1.82, 2.24) is 5.32 Å².